The van der Waals surface area contributed by atoms with Crippen LogP contribution in [0.15, 0.2) is 27.9 Å². The summed E-state index contributed by atoms with van der Waals surface area (Å²) in [7, 11) is 6.39. The number of thioether (sulfide) groups is 1. The van der Waals surface area contributed by atoms with Crippen LogP contribution in [0, 0.1) is 18.3 Å². The molecule has 0 saturated carbocycles. The lowest BCUT2D eigenvalue weighted by Crippen LogP contribution is -2.29. The molecule has 1 aliphatic rings. The van der Waals surface area contributed by atoms with Crippen molar-refractivity contribution < 1.29 is 19.0 Å². The van der Waals surface area contributed by atoms with Gasteiger partial charge in [-0.1, -0.05) is 30.0 Å². The highest BCUT2D eigenvalue weighted by Gasteiger charge is 2.32. The molecule has 0 aliphatic carbocycles. The highest BCUT2D eigenvalue weighted by molar-refractivity contribution is 8.26. The van der Waals surface area contributed by atoms with Gasteiger partial charge in [-0.25, -0.2) is 0 Å². The first-order valence-corrected chi connectivity index (χ1v) is 12.8. The smallest absolute Gasteiger partial charge is 0.270 e. The van der Waals surface area contributed by atoms with Gasteiger partial charge < -0.3 is 19.5 Å². The standard InChI is InChI=1S/C26H30N4O5S2/c1-16-18(14-22-25(32)30(26(36)37-22)11-6-12-33-3)23(29(2)24(31)19(16)15-27)28-10-9-17-7-8-20(34-4)21(13-17)35-5/h7-8,13-14,28H,6,9-12H2,1-5H3/b22-14+. The molecule has 0 atom stereocenters. The second-order valence-corrected chi connectivity index (χ2v) is 9.96. The van der Waals surface area contributed by atoms with E-state index in [1.165, 1.54) is 16.3 Å². The first-order chi connectivity index (χ1) is 17.8. The number of carbonyl (C=O) groups excluding carboxylic acids is 1. The number of anilines is 1. The minimum atomic E-state index is -0.405. The van der Waals surface area contributed by atoms with Crippen molar-refractivity contribution in [2.24, 2.45) is 7.05 Å². The van der Waals surface area contributed by atoms with Crippen molar-refractivity contribution in [3.8, 4) is 17.6 Å². The fourth-order valence-corrected chi connectivity index (χ4v) is 5.29. The largest absolute Gasteiger partial charge is 0.493 e. The second-order valence-electron chi connectivity index (χ2n) is 8.28. The Morgan fingerprint density at radius 2 is 1.92 bits per heavy atom. The molecule has 1 saturated heterocycles. The molecule has 196 valence electrons. The number of methoxy groups -OCH3 is 3. The van der Waals surface area contributed by atoms with E-state index in [4.69, 9.17) is 26.4 Å². The van der Waals surface area contributed by atoms with Gasteiger partial charge in [0.2, 0.25) is 0 Å². The van der Waals surface area contributed by atoms with Crippen molar-refractivity contribution in [1.29, 1.82) is 5.26 Å². The van der Waals surface area contributed by atoms with Gasteiger partial charge in [0.05, 0.1) is 19.1 Å². The van der Waals surface area contributed by atoms with Gasteiger partial charge in [0.15, 0.2) is 11.5 Å². The molecule has 1 amide bonds. The van der Waals surface area contributed by atoms with Crippen LogP contribution in [-0.2, 0) is 23.0 Å². The van der Waals surface area contributed by atoms with Gasteiger partial charge in [-0.3, -0.25) is 19.1 Å². The van der Waals surface area contributed by atoms with Gasteiger partial charge in [0.1, 0.15) is 21.8 Å². The molecule has 0 bridgehead atoms. The van der Waals surface area contributed by atoms with Crippen LogP contribution in [0.4, 0.5) is 5.82 Å². The Morgan fingerprint density at radius 3 is 2.57 bits per heavy atom. The Bertz CT molecular complexity index is 1330. The highest BCUT2D eigenvalue weighted by atomic mass is 32.2. The second kappa shape index (κ2) is 12.8. The maximum Gasteiger partial charge on any atom is 0.270 e. The zero-order valence-electron chi connectivity index (χ0n) is 21.5. The Hall–Kier alpha value is -3.33. The summed E-state index contributed by atoms with van der Waals surface area (Å²) < 4.78 is 17.6. The molecule has 1 aromatic carbocycles. The van der Waals surface area contributed by atoms with Gasteiger partial charge in [-0.05, 0) is 49.1 Å². The van der Waals surface area contributed by atoms with Gasteiger partial charge in [0, 0.05) is 39.4 Å². The molecule has 37 heavy (non-hydrogen) atoms. The first-order valence-electron chi connectivity index (χ1n) is 11.6. The Labute approximate surface area is 226 Å². The zero-order chi connectivity index (χ0) is 27.1. The summed E-state index contributed by atoms with van der Waals surface area (Å²) in [4.78, 5) is 28.0. The molecular formula is C26H30N4O5S2. The Morgan fingerprint density at radius 1 is 1.19 bits per heavy atom. The molecule has 0 spiro atoms. The fourth-order valence-electron chi connectivity index (χ4n) is 4.00. The molecule has 0 unspecified atom stereocenters. The monoisotopic (exact) mass is 542 g/mol. The number of nitrogens with zero attached hydrogens (tertiary/aromatic N) is 3. The van der Waals surface area contributed by atoms with E-state index < -0.39 is 5.56 Å². The molecule has 1 N–H and O–H groups in total. The minimum Gasteiger partial charge on any atom is -0.493 e. The molecular weight excluding hydrogens is 512 g/mol. The van der Waals surface area contributed by atoms with Crippen LogP contribution in [0.25, 0.3) is 6.08 Å². The number of rotatable bonds is 11. The topological polar surface area (TPSA) is 106 Å². The summed E-state index contributed by atoms with van der Waals surface area (Å²) >= 11 is 6.64. The van der Waals surface area contributed by atoms with Crippen LogP contribution in [0.2, 0.25) is 0 Å². The number of pyridine rings is 1. The molecule has 11 heteroatoms. The number of ether oxygens (including phenoxy) is 3. The molecule has 2 aromatic rings. The van der Waals surface area contributed by atoms with Gasteiger partial charge >= 0.3 is 0 Å². The number of amides is 1. The molecule has 1 aliphatic heterocycles. The summed E-state index contributed by atoms with van der Waals surface area (Å²) in [5, 5.41) is 13.0. The molecule has 0 radical (unpaired) electrons. The zero-order valence-corrected chi connectivity index (χ0v) is 23.2. The van der Waals surface area contributed by atoms with Gasteiger partial charge in [-0.15, -0.1) is 0 Å². The number of thiocarbonyl (C=S) groups is 1. The number of carbonyl (C=O) groups is 1. The van der Waals surface area contributed by atoms with Gasteiger partial charge in [0.25, 0.3) is 11.5 Å². The van der Waals surface area contributed by atoms with Crippen LogP contribution in [-0.4, -0.2) is 60.7 Å². The van der Waals surface area contributed by atoms with Crippen molar-refractivity contribution in [1.82, 2.24) is 9.47 Å². The molecule has 1 fully saturated rings. The number of nitrogens with one attached hydrogen (secondary N) is 1. The summed E-state index contributed by atoms with van der Waals surface area (Å²) in [6.07, 6.45) is 3.01. The van der Waals surface area contributed by atoms with Crippen LogP contribution in [0.5, 0.6) is 11.5 Å². The lowest BCUT2D eigenvalue weighted by molar-refractivity contribution is -0.122. The van der Waals surface area contributed by atoms with Crippen LogP contribution < -0.4 is 20.3 Å². The highest BCUT2D eigenvalue weighted by Crippen LogP contribution is 2.35. The molecule has 9 nitrogen and oxygen atoms in total. The lowest BCUT2D eigenvalue weighted by atomic mass is 10.0. The number of benzene rings is 1. The van der Waals surface area contributed by atoms with E-state index in [9.17, 15) is 14.9 Å². The number of aromatic nitrogens is 1. The first kappa shape index (κ1) is 28.2. The van der Waals surface area contributed by atoms with Crippen molar-refractivity contribution >= 4 is 46.1 Å². The summed E-state index contributed by atoms with van der Waals surface area (Å²) in [5.41, 5.74) is 1.75. The van der Waals surface area contributed by atoms with Crippen LogP contribution in [0.1, 0.15) is 28.7 Å². The average molecular weight is 543 g/mol. The van der Waals surface area contributed by atoms with E-state index in [0.717, 1.165) is 5.56 Å². The Balaban J connectivity index is 1.93. The third-order valence-electron chi connectivity index (χ3n) is 6.03. The third-order valence-corrected chi connectivity index (χ3v) is 7.41. The predicted octanol–water partition coefficient (Wildman–Crippen LogP) is 3.47. The molecule has 2 heterocycles. The third kappa shape index (κ3) is 6.15. The number of hydrogen-bond donors (Lipinski definition) is 1. The van der Waals surface area contributed by atoms with E-state index in [-0.39, 0.29) is 11.5 Å². The van der Waals surface area contributed by atoms with Crippen LogP contribution >= 0.6 is 24.0 Å². The maximum atomic E-state index is 13.1. The maximum absolute atomic E-state index is 13.1. The fraction of sp³-hybridized carbons (Fsp3) is 0.385. The van der Waals surface area contributed by atoms with Crippen molar-refractivity contribution in [2.45, 2.75) is 19.8 Å². The Kier molecular flexibility index (Phi) is 9.74. The van der Waals surface area contributed by atoms with Crippen molar-refractivity contribution in [2.75, 3.05) is 46.3 Å². The lowest BCUT2D eigenvalue weighted by Gasteiger charge is -2.18. The SMILES string of the molecule is COCCCN1C(=O)/C(=C\c2c(C)c(C#N)c(=O)n(C)c2NCCc2ccc(OC)c(OC)c2)SC1=S. The van der Waals surface area contributed by atoms with E-state index in [2.05, 4.69) is 5.32 Å². The quantitative estimate of drug-likeness (QED) is 0.260. The number of hydrogen-bond acceptors (Lipinski definition) is 9. The predicted molar refractivity (Wildman–Crippen MR) is 149 cm³/mol. The van der Waals surface area contributed by atoms with Crippen molar-refractivity contribution in [3.63, 3.8) is 0 Å². The normalized spacial score (nSPS) is 14.3. The molecule has 1 aromatic heterocycles. The van der Waals surface area contributed by atoms with Gasteiger partial charge in [-0.2, -0.15) is 5.26 Å². The van der Waals surface area contributed by atoms with Crippen LogP contribution in [0.3, 0.4) is 0 Å². The molecule has 3 rings (SSSR count). The summed E-state index contributed by atoms with van der Waals surface area (Å²) in [6.45, 7) is 3.19. The van der Waals surface area contributed by atoms with Crippen molar-refractivity contribution in [3.05, 3.63) is 55.7 Å². The van der Waals surface area contributed by atoms with E-state index in [1.807, 2.05) is 24.3 Å². The van der Waals surface area contributed by atoms with E-state index in [1.54, 1.807) is 46.3 Å². The average Bonchev–Trinajstić information content (AvgIpc) is 3.16. The number of nitriles is 1. The minimum absolute atomic E-state index is 0.0368. The summed E-state index contributed by atoms with van der Waals surface area (Å²) in [6, 6.07) is 7.70. The van der Waals surface area contributed by atoms with E-state index >= 15 is 0 Å². The summed E-state index contributed by atoms with van der Waals surface area (Å²) in [5.74, 6) is 1.60. The van der Waals surface area contributed by atoms with E-state index in [0.29, 0.717) is 70.2 Å².